The SMILES string of the molecule is Cc1ccc(C2CN(C(=O)Cn3nc(C)c4ccccc4c3=O)CC2N)o1. The van der Waals surface area contributed by atoms with Gasteiger partial charge in [0, 0.05) is 24.5 Å². The van der Waals surface area contributed by atoms with Gasteiger partial charge in [0.25, 0.3) is 5.56 Å². The average Bonchev–Trinajstić information content (AvgIpc) is 3.25. The predicted octanol–water partition coefficient (Wildman–Crippen LogP) is 1.56. The third kappa shape index (κ3) is 3.14. The van der Waals surface area contributed by atoms with Crippen molar-refractivity contribution in [2.75, 3.05) is 13.1 Å². The number of aryl methyl sites for hydroxylation is 2. The smallest absolute Gasteiger partial charge is 0.275 e. The van der Waals surface area contributed by atoms with E-state index < -0.39 is 0 Å². The van der Waals surface area contributed by atoms with Gasteiger partial charge in [-0.25, -0.2) is 4.68 Å². The van der Waals surface area contributed by atoms with Crippen LogP contribution in [0.15, 0.2) is 45.6 Å². The normalized spacial score (nSPS) is 19.7. The second kappa shape index (κ2) is 6.66. The highest BCUT2D eigenvalue weighted by molar-refractivity contribution is 5.83. The highest BCUT2D eigenvalue weighted by Crippen LogP contribution is 2.28. The monoisotopic (exact) mass is 366 g/mol. The largest absolute Gasteiger partial charge is 0.466 e. The van der Waals surface area contributed by atoms with Crippen LogP contribution in [0.25, 0.3) is 10.8 Å². The van der Waals surface area contributed by atoms with Crippen LogP contribution in [-0.4, -0.2) is 39.7 Å². The van der Waals surface area contributed by atoms with Crippen LogP contribution in [0.5, 0.6) is 0 Å². The zero-order valence-corrected chi connectivity index (χ0v) is 15.4. The molecule has 1 saturated heterocycles. The minimum absolute atomic E-state index is 0.0364. The number of furan rings is 1. The molecule has 0 bridgehead atoms. The van der Waals surface area contributed by atoms with E-state index in [9.17, 15) is 9.59 Å². The van der Waals surface area contributed by atoms with E-state index in [0.29, 0.717) is 18.5 Å². The van der Waals surface area contributed by atoms with Crippen LogP contribution in [0.3, 0.4) is 0 Å². The van der Waals surface area contributed by atoms with Crippen LogP contribution < -0.4 is 11.3 Å². The standard InChI is InChI=1S/C20H22N4O3/c1-12-7-8-18(27-12)16-9-23(10-17(16)21)19(25)11-24-20(26)15-6-4-3-5-14(15)13(2)22-24/h3-8,16-17H,9-11,21H2,1-2H3. The number of benzene rings is 1. The number of carbonyl (C=O) groups excluding carboxylic acids is 1. The lowest BCUT2D eigenvalue weighted by Crippen LogP contribution is -2.37. The van der Waals surface area contributed by atoms with Crippen molar-refractivity contribution >= 4 is 16.7 Å². The number of hydrogen-bond acceptors (Lipinski definition) is 5. The van der Waals surface area contributed by atoms with Gasteiger partial charge in [0.1, 0.15) is 18.1 Å². The van der Waals surface area contributed by atoms with E-state index in [0.717, 1.165) is 22.6 Å². The number of fused-ring (bicyclic) bond motifs is 1. The van der Waals surface area contributed by atoms with Crippen molar-refractivity contribution in [3.05, 3.63) is 64.0 Å². The molecular weight excluding hydrogens is 344 g/mol. The maximum atomic E-state index is 12.8. The first-order valence-electron chi connectivity index (χ1n) is 9.00. The van der Waals surface area contributed by atoms with Crippen LogP contribution >= 0.6 is 0 Å². The molecule has 3 heterocycles. The second-order valence-electron chi connectivity index (χ2n) is 7.11. The number of aromatic nitrogens is 2. The predicted molar refractivity (Wildman–Crippen MR) is 101 cm³/mol. The number of likely N-dealkylation sites (tertiary alicyclic amines) is 1. The van der Waals surface area contributed by atoms with Crippen LogP contribution in [-0.2, 0) is 11.3 Å². The van der Waals surface area contributed by atoms with Gasteiger partial charge in [0.2, 0.25) is 5.91 Å². The summed E-state index contributed by atoms with van der Waals surface area (Å²) < 4.78 is 6.93. The summed E-state index contributed by atoms with van der Waals surface area (Å²) in [5.74, 6) is 1.42. The van der Waals surface area contributed by atoms with E-state index in [4.69, 9.17) is 10.2 Å². The summed E-state index contributed by atoms with van der Waals surface area (Å²) in [5, 5.41) is 5.70. The molecule has 7 heteroatoms. The van der Waals surface area contributed by atoms with Gasteiger partial charge in [0.15, 0.2) is 0 Å². The Labute approximate surface area is 156 Å². The molecular formula is C20H22N4O3. The fourth-order valence-electron chi connectivity index (χ4n) is 3.73. The lowest BCUT2D eigenvalue weighted by molar-refractivity contribution is -0.131. The van der Waals surface area contributed by atoms with Crippen molar-refractivity contribution in [2.24, 2.45) is 5.73 Å². The lowest BCUT2D eigenvalue weighted by Gasteiger charge is -2.17. The Kier molecular flexibility index (Phi) is 4.31. The zero-order chi connectivity index (χ0) is 19.1. The van der Waals surface area contributed by atoms with Gasteiger partial charge >= 0.3 is 0 Å². The Hall–Kier alpha value is -2.93. The molecule has 0 saturated carbocycles. The highest BCUT2D eigenvalue weighted by Gasteiger charge is 2.35. The van der Waals surface area contributed by atoms with Gasteiger partial charge in [0.05, 0.1) is 17.0 Å². The maximum Gasteiger partial charge on any atom is 0.275 e. The fourth-order valence-corrected chi connectivity index (χ4v) is 3.73. The van der Waals surface area contributed by atoms with E-state index in [2.05, 4.69) is 5.10 Å². The number of rotatable bonds is 3. The molecule has 4 rings (SSSR count). The first kappa shape index (κ1) is 17.5. The van der Waals surface area contributed by atoms with E-state index in [1.807, 2.05) is 44.2 Å². The molecule has 1 fully saturated rings. The minimum Gasteiger partial charge on any atom is -0.466 e. The van der Waals surface area contributed by atoms with Gasteiger partial charge in [-0.15, -0.1) is 0 Å². The summed E-state index contributed by atoms with van der Waals surface area (Å²) in [6, 6.07) is 10.9. The van der Waals surface area contributed by atoms with Gasteiger partial charge in [-0.2, -0.15) is 5.10 Å². The van der Waals surface area contributed by atoms with Gasteiger partial charge < -0.3 is 15.1 Å². The molecule has 2 atom stereocenters. The highest BCUT2D eigenvalue weighted by atomic mass is 16.3. The van der Waals surface area contributed by atoms with E-state index in [1.54, 1.807) is 11.0 Å². The summed E-state index contributed by atoms with van der Waals surface area (Å²) in [4.78, 5) is 27.1. The van der Waals surface area contributed by atoms with E-state index >= 15 is 0 Å². The summed E-state index contributed by atoms with van der Waals surface area (Å²) in [6.07, 6.45) is 0. The Balaban J connectivity index is 1.56. The number of hydrogen-bond donors (Lipinski definition) is 1. The molecule has 2 N–H and O–H groups in total. The van der Waals surface area contributed by atoms with Crippen LogP contribution in [0.2, 0.25) is 0 Å². The summed E-state index contributed by atoms with van der Waals surface area (Å²) in [6.45, 7) is 4.54. The molecule has 3 aromatic rings. The van der Waals surface area contributed by atoms with Gasteiger partial charge in [-0.1, -0.05) is 18.2 Å². The molecule has 2 aromatic heterocycles. The molecule has 7 nitrogen and oxygen atoms in total. The first-order valence-corrected chi connectivity index (χ1v) is 9.00. The van der Waals surface area contributed by atoms with Crippen molar-refractivity contribution in [3.63, 3.8) is 0 Å². The van der Waals surface area contributed by atoms with E-state index in [1.165, 1.54) is 4.68 Å². The molecule has 1 aliphatic rings. The number of nitrogens with two attached hydrogens (primary N) is 1. The minimum atomic E-state index is -0.258. The molecule has 1 aromatic carbocycles. The fraction of sp³-hybridized carbons (Fsp3) is 0.350. The second-order valence-corrected chi connectivity index (χ2v) is 7.11. The summed E-state index contributed by atoms with van der Waals surface area (Å²) in [7, 11) is 0. The molecule has 1 aliphatic heterocycles. The van der Waals surface area contributed by atoms with Gasteiger partial charge in [-0.05, 0) is 32.0 Å². The van der Waals surface area contributed by atoms with Crippen molar-refractivity contribution in [2.45, 2.75) is 32.4 Å². The van der Waals surface area contributed by atoms with E-state index in [-0.39, 0.29) is 30.0 Å². The molecule has 0 aliphatic carbocycles. The third-order valence-electron chi connectivity index (χ3n) is 5.18. The molecule has 1 amide bonds. The van der Waals surface area contributed by atoms with Crippen molar-refractivity contribution < 1.29 is 9.21 Å². The number of carbonyl (C=O) groups is 1. The number of nitrogens with zero attached hydrogens (tertiary/aromatic N) is 3. The Morgan fingerprint density at radius 1 is 1.19 bits per heavy atom. The third-order valence-corrected chi connectivity index (χ3v) is 5.18. The Morgan fingerprint density at radius 2 is 1.93 bits per heavy atom. The van der Waals surface area contributed by atoms with Crippen LogP contribution in [0, 0.1) is 13.8 Å². The molecule has 2 unspecified atom stereocenters. The Bertz CT molecular complexity index is 1070. The molecule has 0 spiro atoms. The molecule has 0 radical (unpaired) electrons. The average molecular weight is 366 g/mol. The molecule has 27 heavy (non-hydrogen) atoms. The van der Waals surface area contributed by atoms with Crippen LogP contribution in [0.1, 0.15) is 23.1 Å². The topological polar surface area (TPSA) is 94.4 Å². The quantitative estimate of drug-likeness (QED) is 0.759. The van der Waals surface area contributed by atoms with Crippen molar-refractivity contribution in [1.29, 1.82) is 0 Å². The summed E-state index contributed by atoms with van der Waals surface area (Å²) >= 11 is 0. The molecule has 140 valence electrons. The zero-order valence-electron chi connectivity index (χ0n) is 15.4. The van der Waals surface area contributed by atoms with Crippen molar-refractivity contribution in [1.82, 2.24) is 14.7 Å². The maximum absolute atomic E-state index is 12.8. The van der Waals surface area contributed by atoms with Crippen LogP contribution in [0.4, 0.5) is 0 Å². The first-order chi connectivity index (χ1) is 12.9. The van der Waals surface area contributed by atoms with Crippen molar-refractivity contribution in [3.8, 4) is 0 Å². The Morgan fingerprint density at radius 3 is 2.63 bits per heavy atom. The number of amides is 1. The summed E-state index contributed by atoms with van der Waals surface area (Å²) in [5.41, 5.74) is 6.70. The van der Waals surface area contributed by atoms with Gasteiger partial charge in [-0.3, -0.25) is 9.59 Å². The lowest BCUT2D eigenvalue weighted by atomic mass is 10.0.